The minimum atomic E-state index is -0.000389. The van der Waals surface area contributed by atoms with Crippen LogP contribution in [0.25, 0.3) is 10.9 Å². The van der Waals surface area contributed by atoms with E-state index < -0.39 is 0 Å². The second-order valence-electron chi connectivity index (χ2n) is 6.23. The fourth-order valence-corrected chi connectivity index (χ4v) is 3.80. The molecule has 2 atom stereocenters. The van der Waals surface area contributed by atoms with Crippen molar-refractivity contribution < 1.29 is 0 Å². The fourth-order valence-electron chi connectivity index (χ4n) is 3.80. The van der Waals surface area contributed by atoms with Crippen LogP contribution in [0.1, 0.15) is 43.0 Å². The lowest BCUT2D eigenvalue weighted by molar-refractivity contribution is 0.354. The Morgan fingerprint density at radius 2 is 1.95 bits per heavy atom. The molecule has 0 spiro atoms. The highest BCUT2D eigenvalue weighted by atomic mass is 16.1. The molecule has 2 aliphatic rings. The molecule has 4 nitrogen and oxygen atoms in total. The zero-order valence-corrected chi connectivity index (χ0v) is 11.6. The number of aromatic amines is 1. The van der Waals surface area contributed by atoms with Crippen LogP contribution in [0.2, 0.25) is 0 Å². The van der Waals surface area contributed by atoms with Gasteiger partial charge in [0.05, 0.1) is 10.9 Å². The van der Waals surface area contributed by atoms with Crippen LogP contribution >= 0.6 is 0 Å². The van der Waals surface area contributed by atoms with E-state index in [2.05, 4.69) is 10.3 Å². The van der Waals surface area contributed by atoms with Crippen LogP contribution in [-0.4, -0.2) is 22.1 Å². The molecule has 1 aromatic carbocycles. The van der Waals surface area contributed by atoms with Gasteiger partial charge in [0.2, 0.25) is 0 Å². The van der Waals surface area contributed by atoms with Crippen LogP contribution in [0.5, 0.6) is 0 Å². The highest BCUT2D eigenvalue weighted by molar-refractivity contribution is 5.80. The smallest absolute Gasteiger partial charge is 0.258 e. The number of aromatic nitrogens is 2. The van der Waals surface area contributed by atoms with Crippen molar-refractivity contribution in [3.63, 3.8) is 0 Å². The molecule has 2 fully saturated rings. The summed E-state index contributed by atoms with van der Waals surface area (Å²) in [6.45, 7) is 2.02. The number of para-hydroxylation sites is 1. The Morgan fingerprint density at radius 3 is 2.70 bits per heavy atom. The molecule has 0 aliphatic carbocycles. The molecule has 0 saturated carbocycles. The van der Waals surface area contributed by atoms with E-state index >= 15 is 0 Å². The van der Waals surface area contributed by atoms with Crippen molar-refractivity contribution in [1.29, 1.82) is 0 Å². The van der Waals surface area contributed by atoms with E-state index in [-0.39, 0.29) is 5.56 Å². The predicted molar refractivity (Wildman–Crippen MR) is 79.0 cm³/mol. The SMILES string of the molecule is Cc1cccc2c(=O)[nH]c(C3CC4CCC(C3)N4)nc12. The van der Waals surface area contributed by atoms with Crippen LogP contribution in [0.4, 0.5) is 0 Å². The van der Waals surface area contributed by atoms with Gasteiger partial charge in [-0.05, 0) is 44.2 Å². The molecule has 2 N–H and O–H groups in total. The van der Waals surface area contributed by atoms with E-state index in [4.69, 9.17) is 4.98 Å². The van der Waals surface area contributed by atoms with E-state index in [1.807, 2.05) is 25.1 Å². The minimum Gasteiger partial charge on any atom is -0.311 e. The Kier molecular flexibility index (Phi) is 2.67. The summed E-state index contributed by atoms with van der Waals surface area (Å²) in [4.78, 5) is 20.1. The third-order valence-electron chi connectivity index (χ3n) is 4.82. The van der Waals surface area contributed by atoms with E-state index in [9.17, 15) is 4.79 Å². The Balaban J connectivity index is 1.81. The number of hydrogen-bond acceptors (Lipinski definition) is 3. The number of rotatable bonds is 1. The summed E-state index contributed by atoms with van der Waals surface area (Å²) in [5.41, 5.74) is 1.93. The summed E-state index contributed by atoms with van der Waals surface area (Å²) >= 11 is 0. The Bertz CT molecular complexity index is 709. The number of H-pyrrole nitrogens is 1. The molecule has 3 heterocycles. The fraction of sp³-hybridized carbons (Fsp3) is 0.500. The quantitative estimate of drug-likeness (QED) is 0.834. The topological polar surface area (TPSA) is 57.8 Å². The Hall–Kier alpha value is -1.68. The molecule has 104 valence electrons. The maximum absolute atomic E-state index is 12.3. The lowest BCUT2D eigenvalue weighted by Gasteiger charge is -2.28. The highest BCUT2D eigenvalue weighted by Gasteiger charge is 2.35. The van der Waals surface area contributed by atoms with Gasteiger partial charge >= 0.3 is 0 Å². The summed E-state index contributed by atoms with van der Waals surface area (Å²) in [7, 11) is 0. The van der Waals surface area contributed by atoms with Crippen molar-refractivity contribution in [3.8, 4) is 0 Å². The van der Waals surface area contributed by atoms with Gasteiger partial charge in [0.1, 0.15) is 5.82 Å². The average molecular weight is 269 g/mol. The summed E-state index contributed by atoms with van der Waals surface area (Å²) in [5.74, 6) is 1.28. The number of fused-ring (bicyclic) bond motifs is 3. The molecule has 4 rings (SSSR count). The number of nitrogens with zero attached hydrogens (tertiary/aromatic N) is 1. The molecule has 2 aliphatic heterocycles. The molecule has 0 amide bonds. The Morgan fingerprint density at radius 1 is 1.20 bits per heavy atom. The molecular formula is C16H19N3O. The van der Waals surface area contributed by atoms with Gasteiger partial charge in [0.15, 0.2) is 0 Å². The first-order valence-corrected chi connectivity index (χ1v) is 7.46. The highest BCUT2D eigenvalue weighted by Crippen LogP contribution is 2.35. The van der Waals surface area contributed by atoms with Gasteiger partial charge in [-0.2, -0.15) is 0 Å². The van der Waals surface area contributed by atoms with Crippen LogP contribution < -0.4 is 10.9 Å². The number of nitrogens with one attached hydrogen (secondary N) is 2. The average Bonchev–Trinajstić information content (AvgIpc) is 2.78. The first kappa shape index (κ1) is 12.1. The van der Waals surface area contributed by atoms with Gasteiger partial charge in [0.25, 0.3) is 5.56 Å². The first-order valence-electron chi connectivity index (χ1n) is 7.46. The van der Waals surface area contributed by atoms with Gasteiger partial charge in [-0.3, -0.25) is 4.79 Å². The maximum atomic E-state index is 12.3. The van der Waals surface area contributed by atoms with E-state index in [0.29, 0.717) is 23.4 Å². The molecular weight excluding hydrogens is 250 g/mol. The summed E-state index contributed by atoms with van der Waals surface area (Å²) in [5, 5.41) is 4.33. The number of piperidine rings is 1. The van der Waals surface area contributed by atoms with Gasteiger partial charge < -0.3 is 10.3 Å². The predicted octanol–water partition coefficient (Wildman–Crippen LogP) is 2.23. The maximum Gasteiger partial charge on any atom is 0.258 e. The zero-order valence-electron chi connectivity index (χ0n) is 11.6. The van der Waals surface area contributed by atoms with Crippen molar-refractivity contribution in [1.82, 2.24) is 15.3 Å². The lowest BCUT2D eigenvalue weighted by Crippen LogP contribution is -2.38. The molecule has 1 aromatic heterocycles. The monoisotopic (exact) mass is 269 g/mol. The molecule has 2 bridgehead atoms. The van der Waals surface area contributed by atoms with Crippen molar-refractivity contribution in [3.05, 3.63) is 39.9 Å². The van der Waals surface area contributed by atoms with Crippen molar-refractivity contribution >= 4 is 10.9 Å². The molecule has 2 unspecified atom stereocenters. The van der Waals surface area contributed by atoms with Gasteiger partial charge in [-0.1, -0.05) is 12.1 Å². The van der Waals surface area contributed by atoms with Crippen molar-refractivity contribution in [2.45, 2.75) is 50.6 Å². The lowest BCUT2D eigenvalue weighted by atomic mass is 9.91. The zero-order chi connectivity index (χ0) is 13.7. The summed E-state index contributed by atoms with van der Waals surface area (Å²) in [6.07, 6.45) is 4.71. The van der Waals surface area contributed by atoms with Crippen LogP contribution in [0.3, 0.4) is 0 Å². The summed E-state index contributed by atoms with van der Waals surface area (Å²) < 4.78 is 0. The Labute approximate surface area is 117 Å². The van der Waals surface area contributed by atoms with Crippen LogP contribution in [-0.2, 0) is 0 Å². The molecule has 0 radical (unpaired) electrons. The third kappa shape index (κ3) is 1.86. The second-order valence-corrected chi connectivity index (χ2v) is 6.23. The molecule has 4 heteroatoms. The standard InChI is InChI=1S/C16H19N3O/c1-9-3-2-4-13-14(9)18-15(19-16(13)20)10-7-11-5-6-12(8-10)17-11/h2-4,10-12,17H,5-8H2,1H3,(H,18,19,20). The van der Waals surface area contributed by atoms with Crippen LogP contribution in [0.15, 0.2) is 23.0 Å². The normalized spacial score (nSPS) is 28.9. The largest absolute Gasteiger partial charge is 0.311 e. The molecule has 2 saturated heterocycles. The second kappa shape index (κ2) is 4.42. The summed E-state index contributed by atoms with van der Waals surface area (Å²) in [6, 6.07) is 7.00. The molecule has 2 aromatic rings. The van der Waals surface area contributed by atoms with Gasteiger partial charge in [-0.25, -0.2) is 4.98 Å². The van der Waals surface area contributed by atoms with Gasteiger partial charge in [0, 0.05) is 18.0 Å². The first-order chi connectivity index (χ1) is 9.70. The van der Waals surface area contributed by atoms with E-state index in [0.717, 1.165) is 29.7 Å². The van der Waals surface area contributed by atoms with Crippen LogP contribution in [0, 0.1) is 6.92 Å². The number of benzene rings is 1. The number of hydrogen-bond donors (Lipinski definition) is 2. The minimum absolute atomic E-state index is 0.000389. The number of aryl methyl sites for hydroxylation is 1. The van der Waals surface area contributed by atoms with Gasteiger partial charge in [-0.15, -0.1) is 0 Å². The van der Waals surface area contributed by atoms with Crippen molar-refractivity contribution in [2.24, 2.45) is 0 Å². The van der Waals surface area contributed by atoms with E-state index in [1.54, 1.807) is 0 Å². The molecule has 20 heavy (non-hydrogen) atoms. The van der Waals surface area contributed by atoms with Crippen molar-refractivity contribution in [2.75, 3.05) is 0 Å². The van der Waals surface area contributed by atoms with E-state index in [1.165, 1.54) is 12.8 Å². The third-order valence-corrected chi connectivity index (χ3v) is 4.82.